The Morgan fingerprint density at radius 3 is 2.27 bits per heavy atom. The lowest BCUT2D eigenvalue weighted by Crippen LogP contribution is -2.02. The van der Waals surface area contributed by atoms with Crippen molar-refractivity contribution in [1.82, 2.24) is 0 Å². The Balaban J connectivity index is 3.53. The standard InChI is InChI=1S/C12H15ClO2/c1-7-8(2)12(15-4)10(5-6-14)9(3)11(7)13/h6H,5H2,1-4H3. The minimum absolute atomic E-state index is 0.343. The van der Waals surface area contributed by atoms with Crippen molar-refractivity contribution in [2.24, 2.45) is 0 Å². The van der Waals surface area contributed by atoms with Crippen molar-refractivity contribution in [2.45, 2.75) is 27.2 Å². The fourth-order valence-electron chi connectivity index (χ4n) is 1.75. The summed E-state index contributed by atoms with van der Waals surface area (Å²) in [6.07, 6.45) is 1.21. The third-order valence-corrected chi connectivity index (χ3v) is 3.35. The van der Waals surface area contributed by atoms with Gasteiger partial charge in [-0.15, -0.1) is 0 Å². The molecule has 0 amide bonds. The molecule has 0 N–H and O–H groups in total. The molecule has 0 saturated heterocycles. The zero-order valence-corrected chi connectivity index (χ0v) is 10.2. The van der Waals surface area contributed by atoms with E-state index in [0.29, 0.717) is 6.42 Å². The van der Waals surface area contributed by atoms with Gasteiger partial charge in [-0.1, -0.05) is 11.6 Å². The Morgan fingerprint density at radius 1 is 1.20 bits per heavy atom. The maximum absolute atomic E-state index is 10.6. The van der Waals surface area contributed by atoms with Crippen LogP contribution in [0, 0.1) is 20.8 Å². The molecule has 0 bridgehead atoms. The van der Waals surface area contributed by atoms with E-state index in [0.717, 1.165) is 39.3 Å². The fraction of sp³-hybridized carbons (Fsp3) is 0.417. The normalized spacial score (nSPS) is 10.2. The molecule has 82 valence electrons. The van der Waals surface area contributed by atoms with Crippen LogP contribution in [0.2, 0.25) is 5.02 Å². The van der Waals surface area contributed by atoms with Gasteiger partial charge in [0, 0.05) is 17.0 Å². The molecule has 0 atom stereocenters. The van der Waals surface area contributed by atoms with Crippen LogP contribution >= 0.6 is 11.6 Å². The molecule has 0 aromatic heterocycles. The van der Waals surface area contributed by atoms with Gasteiger partial charge < -0.3 is 9.53 Å². The highest BCUT2D eigenvalue weighted by molar-refractivity contribution is 6.32. The van der Waals surface area contributed by atoms with Gasteiger partial charge in [0.1, 0.15) is 12.0 Å². The van der Waals surface area contributed by atoms with Crippen molar-refractivity contribution < 1.29 is 9.53 Å². The van der Waals surface area contributed by atoms with E-state index < -0.39 is 0 Å². The Labute approximate surface area is 95.2 Å². The molecule has 0 radical (unpaired) electrons. The first-order valence-corrected chi connectivity index (χ1v) is 5.18. The van der Waals surface area contributed by atoms with E-state index in [1.165, 1.54) is 0 Å². The Hall–Kier alpha value is -1.02. The van der Waals surface area contributed by atoms with Crippen molar-refractivity contribution in [1.29, 1.82) is 0 Å². The van der Waals surface area contributed by atoms with Crippen LogP contribution in [0.5, 0.6) is 5.75 Å². The second-order valence-electron chi connectivity index (χ2n) is 3.57. The summed E-state index contributed by atoms with van der Waals surface area (Å²) in [5.41, 5.74) is 3.84. The molecule has 0 fully saturated rings. The Morgan fingerprint density at radius 2 is 1.80 bits per heavy atom. The molecule has 3 heteroatoms. The average Bonchev–Trinajstić information content (AvgIpc) is 2.24. The zero-order chi connectivity index (χ0) is 11.6. The molecule has 1 rings (SSSR count). The Bertz CT molecular complexity index is 397. The molecule has 0 spiro atoms. The van der Waals surface area contributed by atoms with Crippen LogP contribution in [0.1, 0.15) is 22.3 Å². The summed E-state index contributed by atoms with van der Waals surface area (Å²) in [6, 6.07) is 0. The largest absolute Gasteiger partial charge is 0.496 e. The second kappa shape index (κ2) is 4.67. The van der Waals surface area contributed by atoms with Gasteiger partial charge in [0.2, 0.25) is 0 Å². The van der Waals surface area contributed by atoms with Crippen LogP contribution in [0.3, 0.4) is 0 Å². The summed E-state index contributed by atoms with van der Waals surface area (Å²) < 4.78 is 5.33. The summed E-state index contributed by atoms with van der Waals surface area (Å²) in [7, 11) is 1.61. The topological polar surface area (TPSA) is 26.3 Å². The lowest BCUT2D eigenvalue weighted by atomic mass is 9.97. The number of rotatable bonds is 3. The molecule has 2 nitrogen and oxygen atoms in total. The van der Waals surface area contributed by atoms with Crippen molar-refractivity contribution in [2.75, 3.05) is 7.11 Å². The second-order valence-corrected chi connectivity index (χ2v) is 3.95. The number of halogens is 1. The fourth-order valence-corrected chi connectivity index (χ4v) is 2.01. The smallest absolute Gasteiger partial charge is 0.126 e. The third kappa shape index (κ3) is 2.00. The summed E-state index contributed by atoms with van der Waals surface area (Å²) in [4.78, 5) is 10.6. The number of hydrogen-bond acceptors (Lipinski definition) is 2. The minimum atomic E-state index is 0.343. The predicted molar refractivity (Wildman–Crippen MR) is 62.0 cm³/mol. The number of ether oxygens (including phenoxy) is 1. The quantitative estimate of drug-likeness (QED) is 0.741. The number of methoxy groups -OCH3 is 1. The van der Waals surface area contributed by atoms with Crippen LogP contribution in [0.25, 0.3) is 0 Å². The number of benzene rings is 1. The Kier molecular flexibility index (Phi) is 3.75. The maximum atomic E-state index is 10.6. The van der Waals surface area contributed by atoms with E-state index in [9.17, 15) is 4.79 Å². The van der Waals surface area contributed by atoms with Gasteiger partial charge in [0.15, 0.2) is 0 Å². The van der Waals surface area contributed by atoms with Crippen LogP contribution in [0.15, 0.2) is 0 Å². The van der Waals surface area contributed by atoms with Gasteiger partial charge in [0.25, 0.3) is 0 Å². The van der Waals surface area contributed by atoms with Gasteiger partial charge in [-0.2, -0.15) is 0 Å². The maximum Gasteiger partial charge on any atom is 0.126 e. The molecule has 0 saturated carbocycles. The van der Waals surface area contributed by atoms with Gasteiger partial charge in [-0.05, 0) is 37.5 Å². The molecular weight excluding hydrogens is 212 g/mol. The van der Waals surface area contributed by atoms with Gasteiger partial charge in [0.05, 0.1) is 7.11 Å². The van der Waals surface area contributed by atoms with E-state index in [1.54, 1.807) is 7.11 Å². The lowest BCUT2D eigenvalue weighted by Gasteiger charge is -2.17. The molecule has 1 aromatic rings. The molecular formula is C12H15ClO2. The van der Waals surface area contributed by atoms with E-state index >= 15 is 0 Å². The van der Waals surface area contributed by atoms with Crippen molar-refractivity contribution in [3.05, 3.63) is 27.3 Å². The molecule has 0 aliphatic carbocycles. The molecule has 0 aliphatic heterocycles. The zero-order valence-electron chi connectivity index (χ0n) is 9.48. The molecule has 0 heterocycles. The van der Waals surface area contributed by atoms with E-state index in [2.05, 4.69) is 0 Å². The van der Waals surface area contributed by atoms with Gasteiger partial charge >= 0.3 is 0 Å². The third-order valence-electron chi connectivity index (χ3n) is 2.78. The van der Waals surface area contributed by atoms with Crippen molar-refractivity contribution >= 4 is 17.9 Å². The summed E-state index contributed by atoms with van der Waals surface area (Å²) in [5.74, 6) is 0.779. The van der Waals surface area contributed by atoms with E-state index in [-0.39, 0.29) is 0 Å². The van der Waals surface area contributed by atoms with Crippen molar-refractivity contribution in [3.8, 4) is 5.75 Å². The predicted octanol–water partition coefficient (Wildman–Crippen LogP) is 3.02. The lowest BCUT2D eigenvalue weighted by molar-refractivity contribution is -0.107. The van der Waals surface area contributed by atoms with Crippen LogP contribution < -0.4 is 4.74 Å². The monoisotopic (exact) mass is 226 g/mol. The van der Waals surface area contributed by atoms with Crippen LogP contribution in [-0.4, -0.2) is 13.4 Å². The first-order chi connectivity index (χ1) is 7.04. The average molecular weight is 227 g/mol. The van der Waals surface area contributed by atoms with Crippen molar-refractivity contribution in [3.63, 3.8) is 0 Å². The number of carbonyl (C=O) groups is 1. The summed E-state index contributed by atoms with van der Waals surface area (Å²) >= 11 is 6.18. The number of hydrogen-bond donors (Lipinski definition) is 0. The van der Waals surface area contributed by atoms with Crippen LogP contribution in [-0.2, 0) is 11.2 Å². The first kappa shape index (κ1) is 12.1. The summed E-state index contributed by atoms with van der Waals surface area (Å²) in [5, 5.41) is 0.727. The highest BCUT2D eigenvalue weighted by Crippen LogP contribution is 2.35. The minimum Gasteiger partial charge on any atom is -0.496 e. The first-order valence-electron chi connectivity index (χ1n) is 4.80. The number of aldehydes is 1. The SMILES string of the molecule is COc1c(C)c(C)c(Cl)c(C)c1CC=O. The van der Waals surface area contributed by atoms with E-state index in [4.69, 9.17) is 16.3 Å². The highest BCUT2D eigenvalue weighted by Gasteiger charge is 2.16. The van der Waals surface area contributed by atoms with Crippen LogP contribution in [0.4, 0.5) is 0 Å². The molecule has 0 aliphatic rings. The van der Waals surface area contributed by atoms with Gasteiger partial charge in [-0.25, -0.2) is 0 Å². The van der Waals surface area contributed by atoms with E-state index in [1.807, 2.05) is 20.8 Å². The molecule has 15 heavy (non-hydrogen) atoms. The summed E-state index contributed by atoms with van der Waals surface area (Å²) in [6.45, 7) is 5.82. The molecule has 1 aromatic carbocycles. The highest BCUT2D eigenvalue weighted by atomic mass is 35.5. The molecule has 0 unspecified atom stereocenters. The van der Waals surface area contributed by atoms with Gasteiger partial charge in [-0.3, -0.25) is 0 Å². The number of carbonyl (C=O) groups excluding carboxylic acids is 1.